The van der Waals surface area contributed by atoms with Crippen LogP contribution in [0.2, 0.25) is 0 Å². The molecule has 2 aromatic rings. The van der Waals surface area contributed by atoms with Gasteiger partial charge in [-0.05, 0) is 37.6 Å². The van der Waals surface area contributed by atoms with Crippen molar-refractivity contribution in [3.05, 3.63) is 47.8 Å². The number of nitrogens with one attached hydrogen (secondary N) is 1. The van der Waals surface area contributed by atoms with Crippen molar-refractivity contribution in [2.45, 2.75) is 26.8 Å². The zero-order chi connectivity index (χ0) is 12.1. The van der Waals surface area contributed by atoms with Crippen molar-refractivity contribution in [3.63, 3.8) is 0 Å². The van der Waals surface area contributed by atoms with Gasteiger partial charge in [-0.3, -0.25) is 0 Å². The Balaban J connectivity index is 2.07. The molecule has 0 spiro atoms. The molecule has 90 valence electrons. The molecule has 3 heteroatoms. The van der Waals surface area contributed by atoms with Crippen molar-refractivity contribution < 1.29 is 0 Å². The molecular formula is C14H19N3. The Morgan fingerprint density at radius 2 is 2.24 bits per heavy atom. The summed E-state index contributed by atoms with van der Waals surface area (Å²) in [7, 11) is 0. The molecule has 1 N–H and O–H groups in total. The lowest BCUT2D eigenvalue weighted by atomic mass is 10.2. The zero-order valence-corrected chi connectivity index (χ0v) is 10.5. The summed E-state index contributed by atoms with van der Waals surface area (Å²) in [5.74, 6) is 0. The third kappa shape index (κ3) is 3.17. The summed E-state index contributed by atoms with van der Waals surface area (Å²) >= 11 is 0. The van der Waals surface area contributed by atoms with Gasteiger partial charge < -0.3 is 5.32 Å². The topological polar surface area (TPSA) is 29.9 Å². The minimum atomic E-state index is 0.889. The molecule has 0 saturated carbocycles. The second kappa shape index (κ2) is 5.64. The number of benzene rings is 1. The molecule has 0 saturated heterocycles. The Kier molecular flexibility index (Phi) is 3.94. The van der Waals surface area contributed by atoms with E-state index in [1.807, 2.05) is 10.9 Å². The fourth-order valence-corrected chi connectivity index (χ4v) is 1.77. The van der Waals surface area contributed by atoms with Crippen LogP contribution >= 0.6 is 0 Å². The Hall–Kier alpha value is -1.61. The maximum atomic E-state index is 4.38. The number of hydrogen-bond donors (Lipinski definition) is 1. The summed E-state index contributed by atoms with van der Waals surface area (Å²) < 4.78 is 1.93. The molecule has 0 bridgehead atoms. The van der Waals surface area contributed by atoms with Crippen molar-refractivity contribution in [3.8, 4) is 5.69 Å². The highest BCUT2D eigenvalue weighted by atomic mass is 15.3. The average Bonchev–Trinajstić information content (AvgIpc) is 2.78. The molecule has 17 heavy (non-hydrogen) atoms. The van der Waals surface area contributed by atoms with Crippen LogP contribution in [-0.4, -0.2) is 16.3 Å². The van der Waals surface area contributed by atoms with Crippen LogP contribution in [0.1, 0.15) is 24.5 Å². The lowest BCUT2D eigenvalue weighted by Gasteiger charge is -2.02. The summed E-state index contributed by atoms with van der Waals surface area (Å²) in [4.78, 5) is 0. The Morgan fingerprint density at radius 1 is 1.35 bits per heavy atom. The maximum absolute atomic E-state index is 4.38. The van der Waals surface area contributed by atoms with E-state index in [0.717, 1.165) is 25.2 Å². The van der Waals surface area contributed by atoms with Gasteiger partial charge in [-0.1, -0.05) is 19.1 Å². The van der Waals surface area contributed by atoms with Crippen LogP contribution in [0.15, 0.2) is 36.7 Å². The highest BCUT2D eigenvalue weighted by Crippen LogP contribution is 2.10. The fraction of sp³-hybridized carbons (Fsp3) is 0.357. The molecule has 2 rings (SSSR count). The van der Waals surface area contributed by atoms with Gasteiger partial charge in [-0.2, -0.15) is 5.10 Å². The molecule has 0 radical (unpaired) electrons. The van der Waals surface area contributed by atoms with Gasteiger partial charge in [-0.15, -0.1) is 0 Å². The molecule has 1 aromatic heterocycles. The van der Waals surface area contributed by atoms with E-state index in [9.17, 15) is 0 Å². The van der Waals surface area contributed by atoms with Gasteiger partial charge in [0.15, 0.2) is 0 Å². The summed E-state index contributed by atoms with van der Waals surface area (Å²) in [5, 5.41) is 7.76. The van der Waals surface area contributed by atoms with E-state index in [0.29, 0.717) is 0 Å². The van der Waals surface area contributed by atoms with Crippen molar-refractivity contribution in [1.82, 2.24) is 15.1 Å². The molecule has 0 aliphatic rings. The molecule has 0 fully saturated rings. The second-order valence-electron chi connectivity index (χ2n) is 4.31. The van der Waals surface area contributed by atoms with Crippen LogP contribution in [0.25, 0.3) is 5.69 Å². The van der Waals surface area contributed by atoms with Crippen LogP contribution in [0, 0.1) is 6.92 Å². The van der Waals surface area contributed by atoms with Crippen molar-refractivity contribution in [2.24, 2.45) is 0 Å². The second-order valence-corrected chi connectivity index (χ2v) is 4.31. The normalized spacial score (nSPS) is 10.7. The minimum Gasteiger partial charge on any atom is -0.313 e. The van der Waals surface area contributed by atoms with E-state index in [1.165, 1.54) is 11.1 Å². The number of hydrogen-bond acceptors (Lipinski definition) is 2. The van der Waals surface area contributed by atoms with Gasteiger partial charge in [0.2, 0.25) is 0 Å². The van der Waals surface area contributed by atoms with Crippen LogP contribution in [-0.2, 0) is 6.54 Å². The predicted molar refractivity (Wildman–Crippen MR) is 70.3 cm³/mol. The lowest BCUT2D eigenvalue weighted by Crippen LogP contribution is -2.13. The molecule has 0 unspecified atom stereocenters. The van der Waals surface area contributed by atoms with Gasteiger partial charge in [0.05, 0.1) is 11.9 Å². The van der Waals surface area contributed by atoms with Crippen LogP contribution in [0.3, 0.4) is 0 Å². The highest BCUT2D eigenvalue weighted by Gasteiger charge is 2.00. The first-order valence-electron chi connectivity index (χ1n) is 6.11. The van der Waals surface area contributed by atoms with Gasteiger partial charge in [-0.25, -0.2) is 4.68 Å². The Bertz CT molecular complexity index is 474. The van der Waals surface area contributed by atoms with E-state index < -0.39 is 0 Å². The summed E-state index contributed by atoms with van der Waals surface area (Å²) in [5.41, 5.74) is 3.59. The largest absolute Gasteiger partial charge is 0.313 e. The van der Waals surface area contributed by atoms with Crippen LogP contribution in [0.5, 0.6) is 0 Å². The Labute approximate surface area is 102 Å². The maximum Gasteiger partial charge on any atom is 0.0648 e. The first kappa shape index (κ1) is 11.9. The quantitative estimate of drug-likeness (QED) is 0.799. The van der Waals surface area contributed by atoms with Crippen molar-refractivity contribution >= 4 is 0 Å². The average molecular weight is 229 g/mol. The minimum absolute atomic E-state index is 0.889. The van der Waals surface area contributed by atoms with Crippen LogP contribution in [0.4, 0.5) is 0 Å². The van der Waals surface area contributed by atoms with Crippen molar-refractivity contribution in [2.75, 3.05) is 6.54 Å². The standard InChI is InChI=1S/C14H19N3/c1-3-7-15-9-13-10-16-17(11-13)14-6-4-5-12(2)8-14/h4-6,8,10-11,15H,3,7,9H2,1-2H3. The third-order valence-electron chi connectivity index (χ3n) is 2.66. The van der Waals surface area contributed by atoms with E-state index in [4.69, 9.17) is 0 Å². The smallest absolute Gasteiger partial charge is 0.0648 e. The molecule has 1 heterocycles. The molecule has 0 amide bonds. The predicted octanol–water partition coefficient (Wildman–Crippen LogP) is 2.68. The van der Waals surface area contributed by atoms with Gasteiger partial charge >= 0.3 is 0 Å². The van der Waals surface area contributed by atoms with E-state index >= 15 is 0 Å². The van der Waals surface area contributed by atoms with E-state index in [1.54, 1.807) is 0 Å². The van der Waals surface area contributed by atoms with Crippen LogP contribution < -0.4 is 5.32 Å². The third-order valence-corrected chi connectivity index (χ3v) is 2.66. The van der Waals surface area contributed by atoms with Crippen molar-refractivity contribution in [1.29, 1.82) is 0 Å². The number of aromatic nitrogens is 2. The van der Waals surface area contributed by atoms with E-state index in [-0.39, 0.29) is 0 Å². The first-order valence-corrected chi connectivity index (χ1v) is 6.11. The summed E-state index contributed by atoms with van der Waals surface area (Å²) in [6.45, 7) is 6.20. The fourth-order valence-electron chi connectivity index (χ4n) is 1.77. The number of aryl methyl sites for hydroxylation is 1. The molecule has 0 aliphatic heterocycles. The molecule has 3 nitrogen and oxygen atoms in total. The Morgan fingerprint density at radius 3 is 3.00 bits per heavy atom. The highest BCUT2D eigenvalue weighted by molar-refractivity contribution is 5.35. The SMILES string of the molecule is CCCNCc1cnn(-c2cccc(C)c2)c1. The van der Waals surface area contributed by atoms with Gasteiger partial charge in [0, 0.05) is 18.3 Å². The molecular weight excluding hydrogens is 210 g/mol. The van der Waals surface area contributed by atoms with Gasteiger partial charge in [0.25, 0.3) is 0 Å². The zero-order valence-electron chi connectivity index (χ0n) is 10.5. The monoisotopic (exact) mass is 229 g/mol. The molecule has 1 aromatic carbocycles. The summed E-state index contributed by atoms with van der Waals surface area (Å²) in [6, 6.07) is 8.36. The lowest BCUT2D eigenvalue weighted by molar-refractivity contribution is 0.675. The van der Waals surface area contributed by atoms with E-state index in [2.05, 4.69) is 54.7 Å². The van der Waals surface area contributed by atoms with Gasteiger partial charge in [0.1, 0.15) is 0 Å². The number of rotatable bonds is 5. The summed E-state index contributed by atoms with van der Waals surface area (Å²) in [6.07, 6.45) is 5.16. The number of nitrogens with zero attached hydrogens (tertiary/aromatic N) is 2. The first-order chi connectivity index (χ1) is 8.29. The molecule has 0 aliphatic carbocycles. The molecule has 0 atom stereocenters.